The molecule has 0 radical (unpaired) electrons. The molecule has 1 aliphatic carbocycles. The number of carbonyl (C=O) groups excluding carboxylic acids is 1. The van der Waals surface area contributed by atoms with Crippen LogP contribution in [0.1, 0.15) is 35.3 Å². The number of nitrogens with zero attached hydrogens (tertiary/aromatic N) is 4. The van der Waals surface area contributed by atoms with Crippen molar-refractivity contribution in [3.63, 3.8) is 0 Å². The van der Waals surface area contributed by atoms with Crippen molar-refractivity contribution in [2.75, 3.05) is 11.4 Å². The Balaban J connectivity index is 1.49. The summed E-state index contributed by atoms with van der Waals surface area (Å²) in [7, 11) is 0. The van der Waals surface area contributed by atoms with E-state index in [0.717, 1.165) is 49.8 Å². The quantitative estimate of drug-likeness (QED) is 0.686. The van der Waals surface area contributed by atoms with E-state index in [1.807, 2.05) is 18.2 Å². The summed E-state index contributed by atoms with van der Waals surface area (Å²) in [5.74, 6) is -0.109. The number of hydrogen-bond donors (Lipinski definition) is 0. The molecule has 27 heavy (non-hydrogen) atoms. The van der Waals surface area contributed by atoms with Crippen LogP contribution in [0, 0.1) is 0 Å². The average molecular weight is 380 g/mol. The van der Waals surface area contributed by atoms with Crippen molar-refractivity contribution < 1.29 is 4.79 Å². The van der Waals surface area contributed by atoms with E-state index in [-0.39, 0.29) is 18.0 Å². The summed E-state index contributed by atoms with van der Waals surface area (Å²) < 4.78 is 1.24. The maximum absolute atomic E-state index is 13.0. The Morgan fingerprint density at radius 1 is 1.11 bits per heavy atom. The lowest BCUT2D eigenvalue weighted by Crippen LogP contribution is -2.40. The molecule has 3 heterocycles. The fraction of sp³-hybridized carbons (Fsp3) is 0.400. The Bertz CT molecular complexity index is 1100. The minimum absolute atomic E-state index is 0.0687. The monoisotopic (exact) mass is 380 g/mol. The van der Waals surface area contributed by atoms with Gasteiger partial charge in [0.2, 0.25) is 5.91 Å². The van der Waals surface area contributed by atoms with E-state index >= 15 is 0 Å². The van der Waals surface area contributed by atoms with Gasteiger partial charge in [-0.15, -0.1) is 16.4 Å². The predicted molar refractivity (Wildman–Crippen MR) is 105 cm³/mol. The zero-order valence-electron chi connectivity index (χ0n) is 15.0. The van der Waals surface area contributed by atoms with Crippen molar-refractivity contribution in [3.05, 3.63) is 50.6 Å². The molecule has 1 aromatic carbocycles. The zero-order chi connectivity index (χ0) is 18.4. The average Bonchev–Trinajstić information content (AvgIpc) is 3.09. The SMILES string of the molecule is O=C(Cn1nnc2sc3c(c2c1=O)CCCC3)N1CCCc2ccccc21. The lowest BCUT2D eigenvalue weighted by Gasteiger charge is -2.29. The third kappa shape index (κ3) is 2.77. The molecule has 2 aliphatic rings. The molecule has 6 nitrogen and oxygen atoms in total. The molecular weight excluding hydrogens is 360 g/mol. The number of para-hydroxylation sites is 1. The van der Waals surface area contributed by atoms with Gasteiger partial charge in [-0.25, -0.2) is 4.68 Å². The number of hydrogen-bond acceptors (Lipinski definition) is 5. The van der Waals surface area contributed by atoms with Gasteiger partial charge >= 0.3 is 0 Å². The molecule has 0 saturated carbocycles. The first kappa shape index (κ1) is 16.6. The summed E-state index contributed by atoms with van der Waals surface area (Å²) in [5, 5.41) is 8.99. The number of benzene rings is 1. The number of amides is 1. The highest BCUT2D eigenvalue weighted by Crippen LogP contribution is 2.33. The Morgan fingerprint density at radius 3 is 2.89 bits per heavy atom. The first-order valence-corrected chi connectivity index (χ1v) is 10.3. The van der Waals surface area contributed by atoms with Crippen LogP contribution in [0.2, 0.25) is 0 Å². The van der Waals surface area contributed by atoms with Crippen molar-refractivity contribution in [3.8, 4) is 0 Å². The van der Waals surface area contributed by atoms with Crippen LogP contribution in [-0.4, -0.2) is 27.4 Å². The Morgan fingerprint density at radius 2 is 1.96 bits per heavy atom. The van der Waals surface area contributed by atoms with Crippen LogP contribution in [0.25, 0.3) is 10.2 Å². The molecule has 0 saturated heterocycles. The van der Waals surface area contributed by atoms with E-state index in [9.17, 15) is 9.59 Å². The second kappa shape index (κ2) is 6.56. The topological polar surface area (TPSA) is 68.1 Å². The number of carbonyl (C=O) groups is 1. The summed E-state index contributed by atoms with van der Waals surface area (Å²) in [4.78, 5) is 29.7. The Hall–Kier alpha value is -2.54. The molecule has 0 fully saturated rings. The van der Waals surface area contributed by atoms with Crippen LogP contribution >= 0.6 is 11.3 Å². The van der Waals surface area contributed by atoms with E-state index in [1.54, 1.807) is 16.2 Å². The van der Waals surface area contributed by atoms with Gasteiger partial charge in [0, 0.05) is 17.1 Å². The molecule has 0 spiro atoms. The molecular formula is C20H20N4O2S. The molecule has 0 atom stereocenters. The molecule has 2 aromatic heterocycles. The summed E-state index contributed by atoms with van der Waals surface area (Å²) >= 11 is 1.58. The smallest absolute Gasteiger partial charge is 0.279 e. The highest BCUT2D eigenvalue weighted by atomic mass is 32.1. The molecule has 0 unspecified atom stereocenters. The van der Waals surface area contributed by atoms with Gasteiger partial charge in [-0.05, 0) is 55.7 Å². The predicted octanol–water partition coefficient (Wildman–Crippen LogP) is 2.71. The second-order valence-electron chi connectivity index (χ2n) is 7.22. The number of rotatable bonds is 2. The first-order valence-electron chi connectivity index (χ1n) is 9.48. The molecule has 3 aromatic rings. The van der Waals surface area contributed by atoms with Gasteiger partial charge in [0.05, 0.1) is 5.39 Å². The summed E-state index contributed by atoms with van der Waals surface area (Å²) in [6, 6.07) is 7.97. The summed E-state index contributed by atoms with van der Waals surface area (Å²) in [5.41, 5.74) is 3.07. The van der Waals surface area contributed by atoms with Crippen LogP contribution in [0.3, 0.4) is 0 Å². The number of aromatic nitrogens is 3. The van der Waals surface area contributed by atoms with Crippen molar-refractivity contribution in [2.24, 2.45) is 0 Å². The molecule has 1 amide bonds. The van der Waals surface area contributed by atoms with Gasteiger partial charge < -0.3 is 4.90 Å². The lowest BCUT2D eigenvalue weighted by atomic mass is 9.97. The van der Waals surface area contributed by atoms with E-state index in [0.29, 0.717) is 16.8 Å². The van der Waals surface area contributed by atoms with Gasteiger partial charge in [0.15, 0.2) is 4.83 Å². The fourth-order valence-electron chi connectivity index (χ4n) is 4.22. The van der Waals surface area contributed by atoms with E-state index in [1.165, 1.54) is 15.1 Å². The van der Waals surface area contributed by atoms with Gasteiger partial charge in [-0.1, -0.05) is 23.4 Å². The molecule has 5 rings (SSSR count). The zero-order valence-corrected chi connectivity index (χ0v) is 15.8. The van der Waals surface area contributed by atoms with Crippen LogP contribution in [0.5, 0.6) is 0 Å². The molecule has 7 heteroatoms. The van der Waals surface area contributed by atoms with Gasteiger partial charge in [-0.2, -0.15) is 0 Å². The van der Waals surface area contributed by atoms with Crippen molar-refractivity contribution >= 4 is 33.1 Å². The standard InChI is InChI=1S/C20H20N4O2S/c25-17(23-11-5-7-13-6-1-3-9-15(13)23)12-24-20(26)18-14-8-2-4-10-16(14)27-19(18)21-22-24/h1,3,6,9H,2,4-5,7-8,10-12H2. The molecule has 1 aliphatic heterocycles. The largest absolute Gasteiger partial charge is 0.311 e. The third-order valence-electron chi connectivity index (χ3n) is 5.54. The molecule has 0 N–H and O–H groups in total. The maximum atomic E-state index is 13.0. The van der Waals surface area contributed by atoms with Gasteiger partial charge in [0.1, 0.15) is 6.54 Å². The number of fused-ring (bicyclic) bond motifs is 4. The second-order valence-corrected chi connectivity index (χ2v) is 8.30. The van der Waals surface area contributed by atoms with Gasteiger partial charge in [0.25, 0.3) is 5.56 Å². The lowest BCUT2D eigenvalue weighted by molar-refractivity contribution is -0.119. The molecule has 0 bridgehead atoms. The number of anilines is 1. The van der Waals surface area contributed by atoms with Gasteiger partial charge in [-0.3, -0.25) is 9.59 Å². The minimum Gasteiger partial charge on any atom is -0.311 e. The molecule has 138 valence electrons. The Kier molecular flexibility index (Phi) is 4.04. The van der Waals surface area contributed by atoms with E-state index in [2.05, 4.69) is 16.4 Å². The summed E-state index contributed by atoms with van der Waals surface area (Å²) in [6.45, 7) is 0.606. The van der Waals surface area contributed by atoms with Crippen molar-refractivity contribution in [2.45, 2.75) is 45.1 Å². The number of thiophene rings is 1. The fourth-order valence-corrected chi connectivity index (χ4v) is 5.41. The maximum Gasteiger partial charge on any atom is 0.279 e. The van der Waals surface area contributed by atoms with Crippen molar-refractivity contribution in [1.29, 1.82) is 0 Å². The van der Waals surface area contributed by atoms with Crippen LogP contribution in [0.15, 0.2) is 29.1 Å². The van der Waals surface area contributed by atoms with Crippen LogP contribution < -0.4 is 10.5 Å². The Labute approximate surface area is 160 Å². The third-order valence-corrected chi connectivity index (χ3v) is 6.72. The highest BCUT2D eigenvalue weighted by Gasteiger charge is 2.25. The first-order chi connectivity index (χ1) is 13.2. The normalized spacial score (nSPS) is 16.2. The van der Waals surface area contributed by atoms with Crippen LogP contribution in [-0.2, 0) is 30.6 Å². The van der Waals surface area contributed by atoms with E-state index < -0.39 is 0 Å². The van der Waals surface area contributed by atoms with Crippen molar-refractivity contribution in [1.82, 2.24) is 15.0 Å². The summed E-state index contributed by atoms with van der Waals surface area (Å²) in [6.07, 6.45) is 6.11. The van der Waals surface area contributed by atoms with Crippen LogP contribution in [0.4, 0.5) is 5.69 Å². The number of aryl methyl sites for hydroxylation is 3. The van der Waals surface area contributed by atoms with E-state index in [4.69, 9.17) is 0 Å². The minimum atomic E-state index is -0.182. The highest BCUT2D eigenvalue weighted by molar-refractivity contribution is 7.18.